The largest absolute Gasteiger partial charge is 0.411 e. The molecule has 0 aliphatic heterocycles. The van der Waals surface area contributed by atoms with Crippen molar-refractivity contribution < 1.29 is 20.3 Å². The Kier molecular flexibility index (Phi) is 7.13. The highest BCUT2D eigenvalue weighted by Crippen LogP contribution is 2.10. The van der Waals surface area contributed by atoms with Gasteiger partial charge in [0.1, 0.15) is 12.4 Å². The van der Waals surface area contributed by atoms with Crippen LogP contribution in [0.5, 0.6) is 0 Å². The number of oxime groups is 2. The maximum absolute atomic E-state index is 10.6. The molecule has 0 bridgehead atoms. The van der Waals surface area contributed by atoms with Gasteiger partial charge in [-0.2, -0.15) is 0 Å². The van der Waals surface area contributed by atoms with Gasteiger partial charge in [0.05, 0.1) is 11.4 Å². The van der Waals surface area contributed by atoms with E-state index in [2.05, 4.69) is 20.3 Å². The molecule has 2 heterocycles. The lowest BCUT2D eigenvalue weighted by molar-refractivity contribution is -0.389. The summed E-state index contributed by atoms with van der Waals surface area (Å²) in [5, 5.41) is 45.9. The number of aryl methyl sites for hydroxylation is 2. The standard InChI is InChI=1S/C14H18N8O6/c23-17-11(3-5-19-7-13(15-9-19)21(25)26)1-2-12(18-24)4-6-20-8-14(16-10-20)22(27)28/h7-10,23-24H,1-6H2/b17-11-,18-12-. The van der Waals surface area contributed by atoms with Gasteiger partial charge >= 0.3 is 11.6 Å². The second-order valence-electron chi connectivity index (χ2n) is 5.79. The van der Waals surface area contributed by atoms with Crippen LogP contribution in [-0.2, 0) is 13.1 Å². The van der Waals surface area contributed by atoms with Crippen LogP contribution in [0.1, 0.15) is 25.7 Å². The van der Waals surface area contributed by atoms with Gasteiger partial charge in [0.15, 0.2) is 0 Å². The highest BCUT2D eigenvalue weighted by molar-refractivity contribution is 5.91. The summed E-state index contributed by atoms with van der Waals surface area (Å²) in [5.41, 5.74) is 0.853. The first-order valence-electron chi connectivity index (χ1n) is 8.15. The number of imidazole rings is 2. The highest BCUT2D eigenvalue weighted by atomic mass is 16.6. The van der Waals surface area contributed by atoms with Gasteiger partial charge < -0.3 is 39.8 Å². The van der Waals surface area contributed by atoms with Gasteiger partial charge in [0.2, 0.25) is 12.7 Å². The summed E-state index contributed by atoms with van der Waals surface area (Å²) in [5.74, 6) is -0.533. The molecular formula is C14H18N8O6. The van der Waals surface area contributed by atoms with Gasteiger partial charge in [-0.1, -0.05) is 10.3 Å². The molecule has 0 aromatic carbocycles. The lowest BCUT2D eigenvalue weighted by Crippen LogP contribution is -2.10. The average Bonchev–Trinajstić information content (AvgIpc) is 3.33. The van der Waals surface area contributed by atoms with Gasteiger partial charge in [0, 0.05) is 25.9 Å². The van der Waals surface area contributed by atoms with E-state index in [1.54, 1.807) is 0 Å². The van der Waals surface area contributed by atoms with Crippen molar-refractivity contribution in [3.63, 3.8) is 0 Å². The molecule has 0 saturated carbocycles. The third kappa shape index (κ3) is 5.86. The van der Waals surface area contributed by atoms with E-state index in [1.165, 1.54) is 34.2 Å². The van der Waals surface area contributed by atoms with Crippen molar-refractivity contribution in [2.45, 2.75) is 38.8 Å². The number of hydrogen-bond donors (Lipinski definition) is 2. The van der Waals surface area contributed by atoms with Crippen LogP contribution >= 0.6 is 0 Å². The minimum Gasteiger partial charge on any atom is -0.411 e. The first-order valence-corrected chi connectivity index (χ1v) is 8.15. The maximum Gasteiger partial charge on any atom is 0.381 e. The topological polar surface area (TPSA) is 187 Å². The fraction of sp³-hybridized carbons (Fsp3) is 0.429. The van der Waals surface area contributed by atoms with Crippen LogP contribution < -0.4 is 0 Å². The molecule has 2 N–H and O–H groups in total. The Hall–Kier alpha value is -3.84. The summed E-state index contributed by atoms with van der Waals surface area (Å²) in [4.78, 5) is 27.3. The van der Waals surface area contributed by atoms with Crippen molar-refractivity contribution in [3.05, 3.63) is 45.3 Å². The Morgan fingerprint density at radius 2 is 1.25 bits per heavy atom. The summed E-state index contributed by atoms with van der Waals surface area (Å²) < 4.78 is 3.02. The Bertz CT molecular complexity index is 814. The van der Waals surface area contributed by atoms with Gasteiger partial charge in [-0.25, -0.2) is 0 Å². The molecule has 0 atom stereocenters. The van der Waals surface area contributed by atoms with E-state index in [1.807, 2.05) is 0 Å². The zero-order valence-corrected chi connectivity index (χ0v) is 14.7. The summed E-state index contributed by atoms with van der Waals surface area (Å²) in [6.45, 7) is 0.676. The molecule has 0 fully saturated rings. The monoisotopic (exact) mass is 394 g/mol. The molecule has 0 aliphatic rings. The van der Waals surface area contributed by atoms with Crippen molar-refractivity contribution in [2.24, 2.45) is 10.3 Å². The lowest BCUT2D eigenvalue weighted by Gasteiger charge is -2.07. The molecule has 2 aromatic rings. The molecule has 14 nitrogen and oxygen atoms in total. The molecule has 0 amide bonds. The Labute approximate surface area is 157 Å². The molecule has 28 heavy (non-hydrogen) atoms. The van der Waals surface area contributed by atoms with E-state index in [4.69, 9.17) is 10.4 Å². The molecule has 2 rings (SSSR count). The fourth-order valence-electron chi connectivity index (χ4n) is 2.38. The zero-order valence-electron chi connectivity index (χ0n) is 14.7. The summed E-state index contributed by atoms with van der Waals surface area (Å²) in [7, 11) is 0. The van der Waals surface area contributed by atoms with E-state index >= 15 is 0 Å². The maximum atomic E-state index is 10.6. The van der Waals surface area contributed by atoms with E-state index in [-0.39, 0.29) is 11.6 Å². The van der Waals surface area contributed by atoms with Gasteiger partial charge in [-0.15, -0.1) is 0 Å². The van der Waals surface area contributed by atoms with E-state index in [9.17, 15) is 20.2 Å². The second-order valence-corrected chi connectivity index (χ2v) is 5.79. The minimum atomic E-state index is -0.601. The van der Waals surface area contributed by atoms with Crippen molar-refractivity contribution in [2.75, 3.05) is 0 Å². The van der Waals surface area contributed by atoms with Crippen LogP contribution in [0.15, 0.2) is 35.4 Å². The Morgan fingerprint density at radius 3 is 1.54 bits per heavy atom. The van der Waals surface area contributed by atoms with Crippen LogP contribution in [0.25, 0.3) is 0 Å². The molecule has 0 spiro atoms. The molecule has 14 heteroatoms. The van der Waals surface area contributed by atoms with Crippen molar-refractivity contribution in [3.8, 4) is 0 Å². The summed E-state index contributed by atoms with van der Waals surface area (Å²) >= 11 is 0. The molecule has 0 saturated heterocycles. The average molecular weight is 394 g/mol. The van der Waals surface area contributed by atoms with Gasteiger partial charge in [-0.3, -0.25) is 0 Å². The van der Waals surface area contributed by atoms with Crippen LogP contribution in [-0.4, -0.2) is 50.8 Å². The second kappa shape index (κ2) is 9.75. The van der Waals surface area contributed by atoms with Crippen LogP contribution in [0.2, 0.25) is 0 Å². The normalized spacial score (nSPS) is 12.3. The van der Waals surface area contributed by atoms with E-state index in [0.717, 1.165) is 0 Å². The number of nitrogens with zero attached hydrogens (tertiary/aromatic N) is 8. The van der Waals surface area contributed by atoms with E-state index < -0.39 is 9.85 Å². The predicted octanol–water partition coefficient (Wildman–Crippen LogP) is 1.82. The summed E-state index contributed by atoms with van der Waals surface area (Å²) in [6, 6.07) is 0. The van der Waals surface area contributed by atoms with Gasteiger partial charge in [0.25, 0.3) is 0 Å². The Balaban J connectivity index is 1.79. The number of hydrogen-bond acceptors (Lipinski definition) is 10. The third-order valence-electron chi connectivity index (χ3n) is 3.92. The zero-order chi connectivity index (χ0) is 20.5. The van der Waals surface area contributed by atoms with Crippen molar-refractivity contribution in [1.82, 2.24) is 19.1 Å². The minimum absolute atomic E-state index is 0.267. The first kappa shape index (κ1) is 20.5. The number of aromatic nitrogens is 4. The van der Waals surface area contributed by atoms with Crippen LogP contribution in [0, 0.1) is 20.2 Å². The SMILES string of the molecule is O=[N+]([O-])c1cn(CC/C(CC/C(CCn2cnc([N+](=O)[O-])c2)=N/O)=N\O)cn1. The molecule has 150 valence electrons. The van der Waals surface area contributed by atoms with E-state index in [0.29, 0.717) is 50.2 Å². The highest BCUT2D eigenvalue weighted by Gasteiger charge is 2.13. The first-order chi connectivity index (χ1) is 13.4. The van der Waals surface area contributed by atoms with Crippen molar-refractivity contribution >= 4 is 23.1 Å². The fourth-order valence-corrected chi connectivity index (χ4v) is 2.38. The van der Waals surface area contributed by atoms with Crippen molar-refractivity contribution in [1.29, 1.82) is 0 Å². The molecule has 0 unspecified atom stereocenters. The number of nitro groups is 2. The lowest BCUT2D eigenvalue weighted by atomic mass is 10.1. The molecule has 2 aromatic heterocycles. The number of rotatable bonds is 11. The third-order valence-corrected chi connectivity index (χ3v) is 3.92. The molecular weight excluding hydrogens is 376 g/mol. The molecule has 0 radical (unpaired) electrons. The molecule has 0 aliphatic carbocycles. The predicted molar refractivity (Wildman–Crippen MR) is 94.7 cm³/mol. The summed E-state index contributed by atoms with van der Waals surface area (Å²) in [6.07, 6.45) is 6.48. The van der Waals surface area contributed by atoms with Crippen LogP contribution in [0.4, 0.5) is 11.6 Å². The Morgan fingerprint density at radius 1 is 0.857 bits per heavy atom. The smallest absolute Gasteiger partial charge is 0.381 e. The van der Waals surface area contributed by atoms with Gasteiger partial charge in [-0.05, 0) is 32.7 Å². The van der Waals surface area contributed by atoms with Crippen LogP contribution in [0.3, 0.4) is 0 Å². The quantitative estimate of drug-likeness (QED) is 0.250.